The molecule has 2 saturated heterocycles. The predicted octanol–water partition coefficient (Wildman–Crippen LogP) is 2.12. The summed E-state index contributed by atoms with van der Waals surface area (Å²) in [6.07, 6.45) is 4.78. The number of nitrogens with one attached hydrogen (secondary N) is 1. The number of carbonyl (C=O) groups excluding carboxylic acids is 2. The first-order valence-electron chi connectivity index (χ1n) is 9.21. The third-order valence-corrected chi connectivity index (χ3v) is 5.25. The number of anilines is 1. The van der Waals surface area contributed by atoms with Gasteiger partial charge in [-0.1, -0.05) is 0 Å². The van der Waals surface area contributed by atoms with Crippen molar-refractivity contribution < 1.29 is 19.1 Å². The summed E-state index contributed by atoms with van der Waals surface area (Å²) in [6.45, 7) is 1.96. The van der Waals surface area contributed by atoms with E-state index in [1.165, 1.54) is 0 Å². The Balaban J connectivity index is 1.46. The normalized spacial score (nSPS) is 25.4. The van der Waals surface area contributed by atoms with E-state index < -0.39 is 6.04 Å². The Morgan fingerprint density at radius 3 is 2.88 bits per heavy atom. The van der Waals surface area contributed by atoms with Gasteiger partial charge in [-0.2, -0.15) is 0 Å². The van der Waals surface area contributed by atoms with E-state index in [1.807, 2.05) is 18.2 Å². The summed E-state index contributed by atoms with van der Waals surface area (Å²) in [7, 11) is 0. The fraction of sp³-hybridized carbons (Fsp3) is 0.579. The van der Waals surface area contributed by atoms with Crippen LogP contribution in [0.3, 0.4) is 0 Å². The number of benzene rings is 1. The molecule has 0 radical (unpaired) electrons. The number of ether oxygens (including phenoxy) is 2. The van der Waals surface area contributed by atoms with Crippen LogP contribution in [0.2, 0.25) is 0 Å². The molecule has 2 atom stereocenters. The van der Waals surface area contributed by atoms with Crippen molar-refractivity contribution in [1.82, 2.24) is 4.90 Å². The van der Waals surface area contributed by atoms with Gasteiger partial charge in [0.2, 0.25) is 5.91 Å². The molecule has 3 heterocycles. The summed E-state index contributed by atoms with van der Waals surface area (Å²) < 4.78 is 11.0. The van der Waals surface area contributed by atoms with Gasteiger partial charge in [-0.05, 0) is 55.9 Å². The Hall–Kier alpha value is -2.08. The minimum Gasteiger partial charge on any atom is -0.493 e. The largest absolute Gasteiger partial charge is 0.493 e. The van der Waals surface area contributed by atoms with Crippen LogP contribution in [0.25, 0.3) is 0 Å². The minimum atomic E-state index is -0.407. The highest BCUT2D eigenvalue weighted by Gasteiger charge is 2.37. The monoisotopic (exact) mass is 344 g/mol. The van der Waals surface area contributed by atoms with E-state index >= 15 is 0 Å². The molecule has 0 saturated carbocycles. The molecule has 134 valence electrons. The van der Waals surface area contributed by atoms with Crippen molar-refractivity contribution in [3.63, 3.8) is 0 Å². The number of hydrogen-bond acceptors (Lipinski definition) is 4. The molecule has 3 aliphatic rings. The van der Waals surface area contributed by atoms with Crippen molar-refractivity contribution in [3.8, 4) is 5.75 Å². The number of piperidine rings is 1. The maximum absolute atomic E-state index is 12.8. The zero-order chi connectivity index (χ0) is 17.2. The van der Waals surface area contributed by atoms with Gasteiger partial charge in [-0.25, -0.2) is 0 Å². The zero-order valence-electron chi connectivity index (χ0n) is 14.3. The van der Waals surface area contributed by atoms with Crippen LogP contribution < -0.4 is 10.1 Å². The second kappa shape index (κ2) is 7.04. The van der Waals surface area contributed by atoms with Crippen LogP contribution in [-0.4, -0.2) is 48.6 Å². The van der Waals surface area contributed by atoms with Crippen molar-refractivity contribution >= 4 is 17.5 Å². The van der Waals surface area contributed by atoms with Gasteiger partial charge in [0.15, 0.2) is 0 Å². The Morgan fingerprint density at radius 1 is 1.12 bits per heavy atom. The molecule has 0 spiro atoms. The number of carbonyl (C=O) groups is 2. The third-order valence-electron chi connectivity index (χ3n) is 5.25. The highest BCUT2D eigenvalue weighted by atomic mass is 16.5. The molecule has 6 heteroatoms. The van der Waals surface area contributed by atoms with Crippen LogP contribution in [-0.2, 0) is 20.7 Å². The van der Waals surface area contributed by atoms with Gasteiger partial charge in [-0.3, -0.25) is 9.59 Å². The minimum absolute atomic E-state index is 0.0281. The standard InChI is InChI=1S/C19H24N2O4/c22-18(20-14-6-7-16-13(12-14)8-11-25-16)15-4-1-2-9-21(15)19(23)17-5-3-10-24-17/h6-7,12,15,17H,1-5,8-11H2,(H,20,22)/t15-,17-/m1/s1. The fourth-order valence-corrected chi connectivity index (χ4v) is 3.92. The van der Waals surface area contributed by atoms with Crippen molar-refractivity contribution in [2.45, 2.75) is 50.7 Å². The van der Waals surface area contributed by atoms with E-state index in [-0.39, 0.29) is 17.9 Å². The van der Waals surface area contributed by atoms with E-state index in [2.05, 4.69) is 5.32 Å². The van der Waals surface area contributed by atoms with Gasteiger partial charge in [0.1, 0.15) is 17.9 Å². The van der Waals surface area contributed by atoms with Gasteiger partial charge in [0.25, 0.3) is 5.91 Å². The number of amides is 2. The molecule has 1 aromatic rings. The first-order valence-corrected chi connectivity index (χ1v) is 9.21. The summed E-state index contributed by atoms with van der Waals surface area (Å²) in [5.74, 6) is 0.760. The lowest BCUT2D eigenvalue weighted by Gasteiger charge is -2.36. The van der Waals surface area contributed by atoms with Crippen molar-refractivity contribution in [3.05, 3.63) is 23.8 Å². The van der Waals surface area contributed by atoms with E-state index in [9.17, 15) is 9.59 Å². The molecule has 0 aliphatic carbocycles. The summed E-state index contributed by atoms with van der Waals surface area (Å²) >= 11 is 0. The number of rotatable bonds is 3. The summed E-state index contributed by atoms with van der Waals surface area (Å²) in [4.78, 5) is 27.3. The summed E-state index contributed by atoms with van der Waals surface area (Å²) in [5, 5.41) is 2.99. The second-order valence-electron chi connectivity index (χ2n) is 6.96. The molecular weight excluding hydrogens is 320 g/mol. The van der Waals surface area contributed by atoms with Crippen LogP contribution in [0, 0.1) is 0 Å². The predicted molar refractivity (Wildman–Crippen MR) is 92.6 cm³/mol. The molecule has 1 aromatic carbocycles. The molecule has 3 aliphatic heterocycles. The first kappa shape index (κ1) is 16.4. The lowest BCUT2D eigenvalue weighted by atomic mass is 10.00. The molecule has 6 nitrogen and oxygen atoms in total. The molecular formula is C19H24N2O4. The summed E-state index contributed by atoms with van der Waals surface area (Å²) in [6, 6.07) is 5.32. The quantitative estimate of drug-likeness (QED) is 0.912. The van der Waals surface area contributed by atoms with Crippen LogP contribution in [0.5, 0.6) is 5.75 Å². The number of fused-ring (bicyclic) bond motifs is 1. The molecule has 0 unspecified atom stereocenters. The Bertz CT molecular complexity index is 669. The Morgan fingerprint density at radius 2 is 2.04 bits per heavy atom. The van der Waals surface area contributed by atoms with E-state index in [0.717, 1.165) is 49.1 Å². The molecule has 2 amide bonds. The third kappa shape index (κ3) is 3.35. The molecule has 4 rings (SSSR count). The van der Waals surface area contributed by atoms with Crippen molar-refractivity contribution in [1.29, 1.82) is 0 Å². The lowest BCUT2D eigenvalue weighted by molar-refractivity contribution is -0.148. The number of likely N-dealkylation sites (tertiary alicyclic amines) is 1. The molecule has 0 aromatic heterocycles. The highest BCUT2D eigenvalue weighted by molar-refractivity contribution is 5.98. The van der Waals surface area contributed by atoms with Crippen LogP contribution >= 0.6 is 0 Å². The molecule has 1 N–H and O–H groups in total. The highest BCUT2D eigenvalue weighted by Crippen LogP contribution is 2.29. The maximum atomic E-state index is 12.8. The molecule has 0 bridgehead atoms. The lowest BCUT2D eigenvalue weighted by Crippen LogP contribution is -2.52. The molecule has 2 fully saturated rings. The van der Waals surface area contributed by atoms with Crippen molar-refractivity contribution in [2.24, 2.45) is 0 Å². The van der Waals surface area contributed by atoms with E-state index in [1.54, 1.807) is 4.90 Å². The van der Waals surface area contributed by atoms with Gasteiger partial charge in [-0.15, -0.1) is 0 Å². The summed E-state index contributed by atoms with van der Waals surface area (Å²) in [5.41, 5.74) is 1.89. The van der Waals surface area contributed by atoms with E-state index in [4.69, 9.17) is 9.47 Å². The smallest absolute Gasteiger partial charge is 0.252 e. The Labute approximate surface area is 147 Å². The van der Waals surface area contributed by atoms with Crippen LogP contribution in [0.1, 0.15) is 37.7 Å². The van der Waals surface area contributed by atoms with Gasteiger partial charge in [0.05, 0.1) is 6.61 Å². The van der Waals surface area contributed by atoms with Crippen molar-refractivity contribution in [2.75, 3.05) is 25.1 Å². The number of nitrogens with zero attached hydrogens (tertiary/aromatic N) is 1. The average Bonchev–Trinajstić information content (AvgIpc) is 3.32. The zero-order valence-corrected chi connectivity index (χ0v) is 14.3. The topological polar surface area (TPSA) is 67.9 Å². The van der Waals surface area contributed by atoms with Gasteiger partial charge in [0, 0.05) is 25.3 Å². The SMILES string of the molecule is O=C(Nc1ccc2c(c1)CCO2)[C@H]1CCCCN1C(=O)[C@H]1CCCO1. The van der Waals surface area contributed by atoms with Crippen LogP contribution in [0.15, 0.2) is 18.2 Å². The fourth-order valence-electron chi connectivity index (χ4n) is 3.92. The van der Waals surface area contributed by atoms with E-state index in [0.29, 0.717) is 26.2 Å². The molecule has 25 heavy (non-hydrogen) atoms. The van der Waals surface area contributed by atoms with Crippen LogP contribution in [0.4, 0.5) is 5.69 Å². The first-order chi connectivity index (χ1) is 12.2. The maximum Gasteiger partial charge on any atom is 0.252 e. The Kier molecular flexibility index (Phi) is 4.61. The second-order valence-corrected chi connectivity index (χ2v) is 6.96. The van der Waals surface area contributed by atoms with Gasteiger partial charge < -0.3 is 19.7 Å². The van der Waals surface area contributed by atoms with Gasteiger partial charge >= 0.3 is 0 Å². The number of hydrogen-bond donors (Lipinski definition) is 1. The average molecular weight is 344 g/mol.